The molecule has 96 valence electrons. The number of aromatic nitrogens is 2. The number of hydrogen-bond donors (Lipinski definition) is 4. The van der Waals surface area contributed by atoms with Crippen LogP contribution in [0.4, 0.5) is 11.6 Å². The first kappa shape index (κ1) is 14.0. The van der Waals surface area contributed by atoms with Crippen molar-refractivity contribution in [1.82, 2.24) is 9.97 Å². The Bertz CT molecular complexity index is 338. The molecule has 6 nitrogen and oxygen atoms in total. The zero-order valence-corrected chi connectivity index (χ0v) is 11.1. The first-order valence-corrected chi connectivity index (χ1v) is 6.60. The molecule has 5 N–H and O–H groups in total. The fourth-order valence-electron chi connectivity index (χ4n) is 1.28. The molecule has 0 saturated carbocycles. The number of hydrogen-bond acceptors (Lipinski definition) is 7. The van der Waals surface area contributed by atoms with Crippen molar-refractivity contribution in [3.05, 3.63) is 6.07 Å². The molecule has 0 aliphatic carbocycles. The first-order chi connectivity index (χ1) is 8.10. The average molecular weight is 257 g/mol. The first-order valence-electron chi connectivity index (χ1n) is 5.37. The van der Waals surface area contributed by atoms with Crippen LogP contribution in [-0.4, -0.2) is 34.0 Å². The normalized spacial score (nSPS) is 12.6. The lowest BCUT2D eigenvalue weighted by Crippen LogP contribution is -2.30. The molecule has 0 aliphatic heterocycles. The fourth-order valence-corrected chi connectivity index (χ4v) is 1.66. The minimum atomic E-state index is -0.0368. The maximum absolute atomic E-state index is 9.26. The summed E-state index contributed by atoms with van der Waals surface area (Å²) in [5.41, 5.74) is 2.50. The summed E-state index contributed by atoms with van der Waals surface area (Å²) in [6.07, 6.45) is 1.89. The predicted molar refractivity (Wildman–Crippen MR) is 71.0 cm³/mol. The molecule has 0 aliphatic rings. The lowest BCUT2D eigenvalue weighted by molar-refractivity contribution is 0.249. The zero-order chi connectivity index (χ0) is 12.8. The molecule has 0 amide bonds. The molecular weight excluding hydrogens is 238 g/mol. The van der Waals surface area contributed by atoms with Crippen LogP contribution in [-0.2, 0) is 0 Å². The Morgan fingerprint density at radius 2 is 2.06 bits per heavy atom. The largest absolute Gasteiger partial charge is 0.394 e. The number of rotatable bonds is 6. The molecule has 1 atom stereocenters. The molecule has 0 aromatic carbocycles. The molecule has 17 heavy (non-hydrogen) atoms. The van der Waals surface area contributed by atoms with E-state index in [1.54, 1.807) is 6.07 Å². The van der Waals surface area contributed by atoms with Gasteiger partial charge in [0.25, 0.3) is 0 Å². The van der Waals surface area contributed by atoms with Crippen molar-refractivity contribution < 1.29 is 5.11 Å². The summed E-state index contributed by atoms with van der Waals surface area (Å²) in [6.45, 7) is 4.13. The Hall–Kier alpha value is -1.05. The third-order valence-corrected chi connectivity index (χ3v) is 2.92. The molecule has 1 rings (SSSR count). The number of aliphatic hydroxyl groups excluding tert-OH is 1. The number of nitrogens with two attached hydrogens (primary N) is 1. The van der Waals surface area contributed by atoms with Gasteiger partial charge in [-0.25, -0.2) is 15.8 Å². The van der Waals surface area contributed by atoms with Crippen LogP contribution in [0.1, 0.15) is 13.8 Å². The average Bonchev–Trinajstić information content (AvgIpc) is 2.34. The summed E-state index contributed by atoms with van der Waals surface area (Å²) in [5.74, 6) is 6.85. The predicted octanol–water partition coefficient (Wildman–Crippen LogP) is 0.913. The van der Waals surface area contributed by atoms with Gasteiger partial charge in [0.15, 0.2) is 5.16 Å². The van der Waals surface area contributed by atoms with E-state index >= 15 is 0 Å². The molecule has 7 heteroatoms. The van der Waals surface area contributed by atoms with Gasteiger partial charge in [0, 0.05) is 6.07 Å². The molecule has 1 aromatic heterocycles. The van der Waals surface area contributed by atoms with Gasteiger partial charge < -0.3 is 15.8 Å². The number of anilines is 2. The van der Waals surface area contributed by atoms with E-state index in [2.05, 4.69) is 20.7 Å². The second-order valence-corrected chi connectivity index (χ2v) is 4.72. The van der Waals surface area contributed by atoms with Crippen LogP contribution in [0.25, 0.3) is 0 Å². The fraction of sp³-hybridized carbons (Fsp3) is 0.600. The molecular formula is C10H19N5OS. The topological polar surface area (TPSA) is 96.1 Å². The van der Waals surface area contributed by atoms with Gasteiger partial charge in [0.05, 0.1) is 12.6 Å². The number of nitrogen functional groups attached to an aromatic ring is 1. The summed E-state index contributed by atoms with van der Waals surface area (Å²) < 4.78 is 0. The van der Waals surface area contributed by atoms with Crippen LogP contribution in [0.3, 0.4) is 0 Å². The molecule has 1 aromatic rings. The van der Waals surface area contributed by atoms with Crippen LogP contribution in [0.5, 0.6) is 0 Å². The highest BCUT2D eigenvalue weighted by Gasteiger charge is 2.13. The number of aliphatic hydroxyl groups is 1. The van der Waals surface area contributed by atoms with E-state index in [0.717, 1.165) is 0 Å². The highest BCUT2D eigenvalue weighted by molar-refractivity contribution is 7.98. The molecule has 1 unspecified atom stereocenters. The van der Waals surface area contributed by atoms with Gasteiger partial charge in [-0.1, -0.05) is 25.6 Å². The van der Waals surface area contributed by atoms with Crippen LogP contribution in [0.2, 0.25) is 0 Å². The van der Waals surface area contributed by atoms with Crippen LogP contribution in [0.15, 0.2) is 11.2 Å². The number of hydrazine groups is 1. The van der Waals surface area contributed by atoms with E-state index in [-0.39, 0.29) is 12.6 Å². The highest BCUT2D eigenvalue weighted by Crippen LogP contribution is 2.18. The van der Waals surface area contributed by atoms with E-state index < -0.39 is 0 Å². The van der Waals surface area contributed by atoms with Crippen molar-refractivity contribution in [2.75, 3.05) is 23.6 Å². The number of thioether (sulfide) groups is 1. The Morgan fingerprint density at radius 3 is 2.53 bits per heavy atom. The van der Waals surface area contributed by atoms with Gasteiger partial charge in [0.1, 0.15) is 11.6 Å². The minimum absolute atomic E-state index is 0.0368. The van der Waals surface area contributed by atoms with Crippen LogP contribution in [0, 0.1) is 5.92 Å². The van der Waals surface area contributed by atoms with Crippen molar-refractivity contribution in [3.8, 4) is 0 Å². The van der Waals surface area contributed by atoms with Gasteiger partial charge in [-0.05, 0) is 12.2 Å². The van der Waals surface area contributed by atoms with Crippen molar-refractivity contribution in [3.63, 3.8) is 0 Å². The molecule has 0 spiro atoms. The molecule has 0 bridgehead atoms. The summed E-state index contributed by atoms with van der Waals surface area (Å²) in [6, 6.07) is 1.68. The smallest absolute Gasteiger partial charge is 0.191 e. The Kier molecular flexibility index (Phi) is 5.46. The van der Waals surface area contributed by atoms with Crippen molar-refractivity contribution in [2.24, 2.45) is 11.8 Å². The Morgan fingerprint density at radius 1 is 1.41 bits per heavy atom. The number of nitrogens with one attached hydrogen (secondary N) is 2. The Balaban J connectivity index is 2.89. The van der Waals surface area contributed by atoms with Crippen molar-refractivity contribution in [2.45, 2.75) is 25.0 Å². The monoisotopic (exact) mass is 257 g/mol. The quantitative estimate of drug-likeness (QED) is 0.260. The van der Waals surface area contributed by atoms with Gasteiger partial charge >= 0.3 is 0 Å². The van der Waals surface area contributed by atoms with E-state index in [0.29, 0.717) is 22.7 Å². The maximum Gasteiger partial charge on any atom is 0.191 e. The molecule has 0 fully saturated rings. The Labute approximate surface area is 105 Å². The summed E-state index contributed by atoms with van der Waals surface area (Å²) >= 11 is 1.44. The molecule has 1 heterocycles. The SMILES string of the molecule is CSc1nc(NN)cc(NC(CO)C(C)C)n1. The van der Waals surface area contributed by atoms with Crippen molar-refractivity contribution in [1.29, 1.82) is 0 Å². The van der Waals surface area contributed by atoms with E-state index in [1.807, 2.05) is 20.1 Å². The highest BCUT2D eigenvalue weighted by atomic mass is 32.2. The van der Waals surface area contributed by atoms with Gasteiger partial charge in [0.2, 0.25) is 0 Å². The van der Waals surface area contributed by atoms with Crippen molar-refractivity contribution >= 4 is 23.4 Å². The molecule has 0 radical (unpaired) electrons. The standard InChI is InChI=1S/C10H19N5OS/c1-6(2)7(5-16)12-8-4-9(15-11)14-10(13-8)17-3/h4,6-7,16H,5,11H2,1-3H3,(H2,12,13,14,15). The van der Waals surface area contributed by atoms with E-state index in [1.165, 1.54) is 11.8 Å². The summed E-state index contributed by atoms with van der Waals surface area (Å²) in [7, 11) is 0. The zero-order valence-electron chi connectivity index (χ0n) is 10.3. The molecule has 0 saturated heterocycles. The summed E-state index contributed by atoms with van der Waals surface area (Å²) in [5, 5.41) is 13.1. The van der Waals surface area contributed by atoms with Gasteiger partial charge in [-0.15, -0.1) is 0 Å². The second-order valence-electron chi connectivity index (χ2n) is 3.95. The van der Waals surface area contributed by atoms with E-state index in [4.69, 9.17) is 5.84 Å². The lowest BCUT2D eigenvalue weighted by Gasteiger charge is -2.20. The third kappa shape index (κ3) is 4.03. The van der Waals surface area contributed by atoms with Crippen LogP contribution >= 0.6 is 11.8 Å². The van der Waals surface area contributed by atoms with Gasteiger partial charge in [-0.2, -0.15) is 0 Å². The maximum atomic E-state index is 9.26. The van der Waals surface area contributed by atoms with Gasteiger partial charge in [-0.3, -0.25) is 0 Å². The van der Waals surface area contributed by atoms with E-state index in [9.17, 15) is 5.11 Å². The lowest BCUT2D eigenvalue weighted by atomic mass is 10.1. The minimum Gasteiger partial charge on any atom is -0.394 e. The number of nitrogens with zero attached hydrogens (tertiary/aromatic N) is 2. The summed E-state index contributed by atoms with van der Waals surface area (Å²) in [4.78, 5) is 8.47. The van der Waals surface area contributed by atoms with Crippen LogP contribution < -0.4 is 16.6 Å². The third-order valence-electron chi connectivity index (χ3n) is 2.37. The second kappa shape index (κ2) is 6.63.